The molecule has 0 atom stereocenters. The van der Waals surface area contributed by atoms with Crippen LogP contribution in [0.2, 0.25) is 5.02 Å². The molecule has 0 N–H and O–H groups in total. The summed E-state index contributed by atoms with van der Waals surface area (Å²) in [5.41, 5.74) is 3.80. The Morgan fingerprint density at radius 1 is 1.00 bits per heavy atom. The minimum absolute atomic E-state index is 0.658. The molecular weight excluding hydrogens is 474 g/mol. The average molecular weight is 492 g/mol. The van der Waals surface area contributed by atoms with Crippen molar-refractivity contribution in [2.24, 2.45) is 0 Å². The first-order valence-electron chi connectivity index (χ1n) is 10.1. The van der Waals surface area contributed by atoms with E-state index in [1.54, 1.807) is 42.6 Å². The first kappa shape index (κ1) is 21.6. The third kappa shape index (κ3) is 4.64. The van der Waals surface area contributed by atoms with Crippen LogP contribution in [0.5, 0.6) is 5.75 Å². The lowest BCUT2D eigenvalue weighted by Gasteiger charge is -2.11. The molecule has 0 radical (unpaired) electrons. The van der Waals surface area contributed by atoms with Gasteiger partial charge in [-0.1, -0.05) is 41.6 Å². The van der Waals surface area contributed by atoms with Crippen LogP contribution in [0.25, 0.3) is 27.6 Å². The summed E-state index contributed by atoms with van der Waals surface area (Å²) < 4.78 is 7.36. The SMILES string of the molecule is COc1ccc(-n2c(SCc3csc(-c4ccccc4Cl)n3)nnc2-c2ccncc2)cc1. The fourth-order valence-electron chi connectivity index (χ4n) is 3.29. The number of benzene rings is 2. The predicted octanol–water partition coefficient (Wildman–Crippen LogP) is 6.41. The first-order chi connectivity index (χ1) is 16.2. The normalized spacial score (nSPS) is 11.0. The van der Waals surface area contributed by atoms with Crippen LogP contribution in [0.1, 0.15) is 5.69 Å². The number of aromatic nitrogens is 5. The maximum absolute atomic E-state index is 6.34. The van der Waals surface area contributed by atoms with Gasteiger partial charge in [-0.2, -0.15) is 0 Å². The highest BCUT2D eigenvalue weighted by Crippen LogP contribution is 2.33. The van der Waals surface area contributed by atoms with E-state index in [2.05, 4.69) is 20.6 Å². The Balaban J connectivity index is 1.45. The smallest absolute Gasteiger partial charge is 0.196 e. The monoisotopic (exact) mass is 491 g/mol. The lowest BCUT2D eigenvalue weighted by Crippen LogP contribution is -2.00. The van der Waals surface area contributed by atoms with Gasteiger partial charge in [-0.3, -0.25) is 9.55 Å². The number of thiazole rings is 1. The van der Waals surface area contributed by atoms with E-state index >= 15 is 0 Å². The molecule has 0 aliphatic heterocycles. The minimum Gasteiger partial charge on any atom is -0.497 e. The maximum Gasteiger partial charge on any atom is 0.196 e. The number of pyridine rings is 1. The van der Waals surface area contributed by atoms with Gasteiger partial charge < -0.3 is 4.74 Å². The number of thioether (sulfide) groups is 1. The van der Waals surface area contributed by atoms with E-state index in [4.69, 9.17) is 21.3 Å². The summed E-state index contributed by atoms with van der Waals surface area (Å²) in [5.74, 6) is 2.20. The Kier molecular flexibility index (Phi) is 6.39. The second-order valence-electron chi connectivity index (χ2n) is 6.99. The Morgan fingerprint density at radius 3 is 2.55 bits per heavy atom. The molecule has 9 heteroatoms. The topological polar surface area (TPSA) is 65.7 Å². The van der Waals surface area contributed by atoms with Gasteiger partial charge in [0.1, 0.15) is 10.8 Å². The van der Waals surface area contributed by atoms with Crippen LogP contribution in [-0.4, -0.2) is 31.8 Å². The van der Waals surface area contributed by atoms with Gasteiger partial charge in [0.2, 0.25) is 0 Å². The molecule has 5 rings (SSSR count). The van der Waals surface area contributed by atoms with Crippen LogP contribution in [0.3, 0.4) is 0 Å². The first-order valence-corrected chi connectivity index (χ1v) is 12.3. The molecule has 0 fully saturated rings. The number of hydrogen-bond donors (Lipinski definition) is 0. The molecule has 5 aromatic rings. The fourth-order valence-corrected chi connectivity index (χ4v) is 5.38. The molecule has 3 heterocycles. The highest BCUT2D eigenvalue weighted by Gasteiger charge is 2.17. The third-order valence-electron chi connectivity index (χ3n) is 4.91. The lowest BCUT2D eigenvalue weighted by atomic mass is 10.2. The largest absolute Gasteiger partial charge is 0.497 e. The molecule has 0 saturated carbocycles. The Morgan fingerprint density at radius 2 is 1.79 bits per heavy atom. The zero-order valence-corrected chi connectivity index (χ0v) is 19.9. The molecule has 0 aliphatic rings. The number of ether oxygens (including phenoxy) is 1. The zero-order valence-electron chi connectivity index (χ0n) is 17.6. The lowest BCUT2D eigenvalue weighted by molar-refractivity contribution is 0.414. The summed E-state index contributed by atoms with van der Waals surface area (Å²) in [6.07, 6.45) is 3.50. The van der Waals surface area contributed by atoms with E-state index in [0.717, 1.165) is 44.2 Å². The Bertz CT molecular complexity index is 1370. The van der Waals surface area contributed by atoms with E-state index in [-0.39, 0.29) is 0 Å². The van der Waals surface area contributed by atoms with E-state index in [0.29, 0.717) is 10.8 Å². The molecule has 164 valence electrons. The van der Waals surface area contributed by atoms with Crippen LogP contribution in [0, 0.1) is 0 Å². The molecule has 0 aliphatic carbocycles. The molecule has 2 aromatic carbocycles. The van der Waals surface area contributed by atoms with Gasteiger partial charge in [0, 0.05) is 40.3 Å². The van der Waals surface area contributed by atoms with Crippen LogP contribution in [0.15, 0.2) is 83.6 Å². The van der Waals surface area contributed by atoms with Crippen LogP contribution < -0.4 is 4.74 Å². The number of hydrogen-bond acceptors (Lipinski definition) is 7. The molecule has 0 unspecified atom stereocenters. The van der Waals surface area contributed by atoms with Crippen molar-refractivity contribution in [1.29, 1.82) is 0 Å². The summed E-state index contributed by atoms with van der Waals surface area (Å²) in [6, 6.07) is 19.4. The van der Waals surface area contributed by atoms with E-state index in [1.165, 1.54) is 0 Å². The molecular formula is C24H18ClN5OS2. The summed E-state index contributed by atoms with van der Waals surface area (Å²) >= 11 is 9.51. The molecule has 0 bridgehead atoms. The number of rotatable bonds is 7. The molecule has 33 heavy (non-hydrogen) atoms. The molecule has 0 saturated heterocycles. The van der Waals surface area contributed by atoms with E-state index < -0.39 is 0 Å². The van der Waals surface area contributed by atoms with Gasteiger partial charge >= 0.3 is 0 Å². The van der Waals surface area contributed by atoms with Gasteiger partial charge in [0.25, 0.3) is 0 Å². The van der Waals surface area contributed by atoms with Crippen LogP contribution in [0.4, 0.5) is 0 Å². The molecule has 0 amide bonds. The quantitative estimate of drug-likeness (QED) is 0.245. The zero-order chi connectivity index (χ0) is 22.6. The van der Waals surface area contributed by atoms with Crippen molar-refractivity contribution in [3.63, 3.8) is 0 Å². The van der Waals surface area contributed by atoms with E-state index in [9.17, 15) is 0 Å². The van der Waals surface area contributed by atoms with Gasteiger partial charge in [0.05, 0.1) is 17.8 Å². The van der Waals surface area contributed by atoms with Crippen LogP contribution in [-0.2, 0) is 5.75 Å². The van der Waals surface area contributed by atoms with Gasteiger partial charge in [-0.15, -0.1) is 21.5 Å². The van der Waals surface area contributed by atoms with Gasteiger partial charge in [0.15, 0.2) is 11.0 Å². The Hall–Kier alpha value is -3.20. The summed E-state index contributed by atoms with van der Waals surface area (Å²) in [6.45, 7) is 0. The highest BCUT2D eigenvalue weighted by molar-refractivity contribution is 7.98. The molecule has 0 spiro atoms. The number of nitrogens with zero attached hydrogens (tertiary/aromatic N) is 5. The fraction of sp³-hybridized carbons (Fsp3) is 0.0833. The maximum atomic E-state index is 6.34. The third-order valence-corrected chi connectivity index (χ3v) is 7.12. The minimum atomic E-state index is 0.658. The molecule has 6 nitrogen and oxygen atoms in total. The Labute approximate surface area is 204 Å². The number of halogens is 1. The molecule has 3 aromatic heterocycles. The van der Waals surface area contributed by atoms with Crippen LogP contribution >= 0.6 is 34.7 Å². The van der Waals surface area contributed by atoms with Crippen molar-refractivity contribution in [2.75, 3.05) is 7.11 Å². The van der Waals surface area contributed by atoms with Crippen molar-refractivity contribution < 1.29 is 4.74 Å². The van der Waals surface area contributed by atoms with Crippen molar-refractivity contribution in [1.82, 2.24) is 24.7 Å². The van der Waals surface area contributed by atoms with E-state index in [1.807, 2.05) is 65.2 Å². The van der Waals surface area contributed by atoms with Crippen molar-refractivity contribution >= 4 is 34.7 Å². The second kappa shape index (κ2) is 9.74. The van der Waals surface area contributed by atoms with Crippen molar-refractivity contribution in [3.8, 4) is 33.4 Å². The predicted molar refractivity (Wildman–Crippen MR) is 133 cm³/mol. The summed E-state index contributed by atoms with van der Waals surface area (Å²) in [7, 11) is 1.65. The number of methoxy groups -OCH3 is 1. The average Bonchev–Trinajstić information content (AvgIpc) is 3.51. The standard InChI is InChI=1S/C24H18ClN5OS2/c1-31-19-8-6-18(7-9-19)30-22(16-10-12-26-13-11-16)28-29-24(30)33-15-17-14-32-23(27-17)20-4-2-3-5-21(20)25/h2-14H,15H2,1H3. The summed E-state index contributed by atoms with van der Waals surface area (Å²) in [4.78, 5) is 8.89. The highest BCUT2D eigenvalue weighted by atomic mass is 35.5. The van der Waals surface area contributed by atoms with Crippen molar-refractivity contribution in [2.45, 2.75) is 10.9 Å². The summed E-state index contributed by atoms with van der Waals surface area (Å²) in [5, 5.41) is 13.4. The second-order valence-corrected chi connectivity index (χ2v) is 9.20. The van der Waals surface area contributed by atoms with Crippen molar-refractivity contribution in [3.05, 3.63) is 89.2 Å². The van der Waals surface area contributed by atoms with Gasteiger partial charge in [-0.25, -0.2) is 4.98 Å². The van der Waals surface area contributed by atoms with Gasteiger partial charge in [-0.05, 0) is 42.5 Å².